The number of carbonyl (C=O) groups excluding carboxylic acids is 3. The molecule has 2 aliphatic carbocycles. The monoisotopic (exact) mass is 721 g/mol. The zero-order valence-electron chi connectivity index (χ0n) is 27.3. The van der Waals surface area contributed by atoms with E-state index < -0.39 is 17.7 Å². The van der Waals surface area contributed by atoms with Gasteiger partial charge in [-0.1, -0.05) is 53.8 Å². The second kappa shape index (κ2) is 12.4. The van der Waals surface area contributed by atoms with Crippen molar-refractivity contribution in [2.75, 3.05) is 23.4 Å². The molecule has 9 nitrogen and oxygen atoms in total. The molecule has 12 heteroatoms. The predicted molar refractivity (Wildman–Crippen MR) is 193 cm³/mol. The van der Waals surface area contributed by atoms with E-state index in [0.29, 0.717) is 29.5 Å². The SMILES string of the molecule is CCOc1cc([C@H]2c3sc(=O)[nH]c3SC3C2[C@H]2C[C@@H]3C3C(=O)N(c4ccc(F)cc4)C(=O)C32)ccc1OCC(=O)Nc1cccc2ccccc12. The number of hydrogen-bond donors (Lipinski definition) is 2. The minimum absolute atomic E-state index is 0.00755. The number of fused-ring (bicyclic) bond motifs is 10. The van der Waals surface area contributed by atoms with Gasteiger partial charge in [-0.2, -0.15) is 0 Å². The fourth-order valence-electron chi connectivity index (χ4n) is 9.00. The number of benzene rings is 4. The van der Waals surface area contributed by atoms with Crippen molar-refractivity contribution < 1.29 is 28.2 Å². The first-order valence-corrected chi connectivity index (χ1v) is 18.7. The lowest BCUT2D eigenvalue weighted by Gasteiger charge is -2.43. The van der Waals surface area contributed by atoms with Gasteiger partial charge in [0, 0.05) is 27.1 Å². The van der Waals surface area contributed by atoms with Gasteiger partial charge in [0.15, 0.2) is 18.1 Å². The third-order valence-corrected chi connectivity index (χ3v) is 13.4. The Morgan fingerprint density at radius 1 is 0.922 bits per heavy atom. The molecule has 4 aromatic carbocycles. The Balaban J connectivity index is 1.01. The molecule has 258 valence electrons. The summed E-state index contributed by atoms with van der Waals surface area (Å²) in [5, 5.41) is 5.71. The van der Waals surface area contributed by atoms with Crippen molar-refractivity contribution >= 4 is 63.0 Å². The summed E-state index contributed by atoms with van der Waals surface area (Å²) in [6, 6.07) is 24.7. The van der Waals surface area contributed by atoms with Crippen molar-refractivity contribution in [3.63, 3.8) is 0 Å². The van der Waals surface area contributed by atoms with Gasteiger partial charge in [0.2, 0.25) is 11.8 Å². The number of nitrogens with zero attached hydrogens (tertiary/aromatic N) is 1. The van der Waals surface area contributed by atoms with Gasteiger partial charge in [-0.05, 0) is 84.5 Å². The highest BCUT2D eigenvalue weighted by molar-refractivity contribution is 8.00. The predicted octanol–water partition coefficient (Wildman–Crippen LogP) is 6.82. The van der Waals surface area contributed by atoms with Crippen LogP contribution in [0.4, 0.5) is 15.8 Å². The molecular formula is C39H32FN3O6S2. The highest BCUT2D eigenvalue weighted by Gasteiger charge is 2.69. The molecule has 0 spiro atoms. The van der Waals surface area contributed by atoms with Gasteiger partial charge >= 0.3 is 4.87 Å². The van der Waals surface area contributed by atoms with Gasteiger partial charge in [-0.25, -0.2) is 4.39 Å². The van der Waals surface area contributed by atoms with Gasteiger partial charge in [-0.3, -0.25) is 24.1 Å². The maximum Gasteiger partial charge on any atom is 0.305 e. The van der Waals surface area contributed by atoms with Crippen molar-refractivity contribution in [1.82, 2.24) is 4.98 Å². The highest BCUT2D eigenvalue weighted by atomic mass is 32.2. The van der Waals surface area contributed by atoms with E-state index in [1.54, 1.807) is 17.8 Å². The Morgan fingerprint density at radius 2 is 1.69 bits per heavy atom. The van der Waals surface area contributed by atoms with Gasteiger partial charge in [0.1, 0.15) is 5.82 Å². The minimum Gasteiger partial charge on any atom is -0.490 e. The number of anilines is 2. The largest absolute Gasteiger partial charge is 0.490 e. The molecule has 51 heavy (non-hydrogen) atoms. The summed E-state index contributed by atoms with van der Waals surface area (Å²) in [5.74, 6) is -1.64. The summed E-state index contributed by atoms with van der Waals surface area (Å²) in [7, 11) is 0. The Labute approximate surface area is 300 Å². The third-order valence-electron chi connectivity index (χ3n) is 10.9. The molecular weight excluding hydrogens is 690 g/mol. The summed E-state index contributed by atoms with van der Waals surface area (Å²) in [5.41, 5.74) is 2.00. The second-order valence-electron chi connectivity index (χ2n) is 13.5. The number of hydrogen-bond acceptors (Lipinski definition) is 8. The Morgan fingerprint density at radius 3 is 2.49 bits per heavy atom. The van der Waals surface area contributed by atoms with E-state index in [0.717, 1.165) is 32.7 Å². The zero-order chi connectivity index (χ0) is 35.0. The molecule has 2 bridgehead atoms. The van der Waals surface area contributed by atoms with Crippen LogP contribution in [0, 0.1) is 35.4 Å². The summed E-state index contributed by atoms with van der Waals surface area (Å²) in [4.78, 5) is 58.7. The van der Waals surface area contributed by atoms with Crippen molar-refractivity contribution in [2.45, 2.75) is 29.5 Å². The van der Waals surface area contributed by atoms with Gasteiger partial charge in [-0.15, -0.1) is 11.8 Å². The molecule has 2 saturated carbocycles. The fourth-order valence-corrected chi connectivity index (χ4v) is 11.9. The van der Waals surface area contributed by atoms with E-state index in [1.807, 2.05) is 61.5 Å². The first kappa shape index (κ1) is 32.0. The number of H-pyrrole nitrogens is 1. The summed E-state index contributed by atoms with van der Waals surface area (Å²) in [6.45, 7) is 2.00. The molecule has 5 aromatic rings. The number of carbonyl (C=O) groups is 3. The quantitative estimate of drug-likeness (QED) is 0.169. The maximum absolute atomic E-state index is 14.0. The minimum atomic E-state index is -0.483. The molecule has 3 heterocycles. The number of ether oxygens (including phenoxy) is 2. The van der Waals surface area contributed by atoms with Crippen molar-refractivity contribution in [1.29, 1.82) is 0 Å². The lowest BCUT2D eigenvalue weighted by Crippen LogP contribution is -2.42. The van der Waals surface area contributed by atoms with Gasteiger partial charge < -0.3 is 19.8 Å². The number of imide groups is 1. The first-order valence-electron chi connectivity index (χ1n) is 17.0. The van der Waals surface area contributed by atoms with E-state index in [9.17, 15) is 23.6 Å². The smallest absolute Gasteiger partial charge is 0.305 e. The number of aromatic nitrogens is 1. The van der Waals surface area contributed by atoms with Crippen LogP contribution in [0.25, 0.3) is 10.8 Å². The lowest BCUT2D eigenvalue weighted by molar-refractivity contribution is -0.123. The van der Waals surface area contributed by atoms with E-state index in [4.69, 9.17) is 9.47 Å². The van der Waals surface area contributed by atoms with Gasteiger partial charge in [0.05, 0.1) is 29.2 Å². The van der Waals surface area contributed by atoms with Crippen LogP contribution < -0.4 is 24.6 Å². The first-order chi connectivity index (χ1) is 24.8. The molecule has 3 amide bonds. The number of amides is 3. The van der Waals surface area contributed by atoms with Crippen LogP contribution in [0.1, 0.15) is 29.7 Å². The standard InChI is InChI=1S/C39H32FN3O6S2/c1-2-48-28-16-20(10-15-27(28)49-18-29(44)41-26-9-5-7-19-6-3-4-8-23(19)26)30-31-24-17-25(34(31)50-36-35(30)51-39(47)42-36)33-32(24)37(45)43(38(33)46)22-13-11-21(40)12-14-22/h3-16,24-25,30-34H,2,17-18H2,1H3,(H,41,44)(H,42,47)/t24-,25-,30-,31?,32?,33?,34?/m1/s1. The number of thioether (sulfide) groups is 1. The van der Waals surface area contributed by atoms with Crippen LogP contribution >= 0.6 is 23.1 Å². The van der Waals surface area contributed by atoms with Crippen molar-refractivity contribution in [3.8, 4) is 11.5 Å². The molecule has 4 unspecified atom stereocenters. The van der Waals surface area contributed by atoms with E-state index in [2.05, 4.69) is 10.3 Å². The topological polar surface area (TPSA) is 118 Å². The summed E-state index contributed by atoms with van der Waals surface area (Å²) < 4.78 is 25.8. The number of nitrogens with one attached hydrogen (secondary N) is 2. The van der Waals surface area contributed by atoms with E-state index in [-0.39, 0.29) is 58.1 Å². The van der Waals surface area contributed by atoms with Crippen LogP contribution in [-0.4, -0.2) is 41.2 Å². The Hall–Kier alpha value is -4.94. The van der Waals surface area contributed by atoms with Crippen molar-refractivity contribution in [3.05, 3.63) is 111 Å². The molecule has 9 rings (SSSR count). The zero-order valence-corrected chi connectivity index (χ0v) is 29.0. The maximum atomic E-state index is 14.0. The third kappa shape index (κ3) is 5.18. The number of rotatable bonds is 8. The molecule has 3 fully saturated rings. The molecule has 2 aliphatic heterocycles. The van der Waals surface area contributed by atoms with Crippen LogP contribution in [0.2, 0.25) is 0 Å². The summed E-state index contributed by atoms with van der Waals surface area (Å²) >= 11 is 2.79. The molecule has 1 aromatic heterocycles. The average Bonchev–Trinajstić information content (AvgIpc) is 3.87. The second-order valence-corrected chi connectivity index (χ2v) is 15.7. The van der Waals surface area contributed by atoms with E-state index >= 15 is 0 Å². The van der Waals surface area contributed by atoms with Crippen molar-refractivity contribution in [2.24, 2.45) is 29.6 Å². The normalized spacial score (nSPS) is 25.8. The molecule has 1 saturated heterocycles. The molecule has 7 atom stereocenters. The number of thiazole rings is 1. The van der Waals surface area contributed by atoms with Gasteiger partial charge in [0.25, 0.3) is 5.91 Å². The Bertz CT molecular complexity index is 2280. The highest BCUT2D eigenvalue weighted by Crippen LogP contribution is 2.68. The number of aromatic amines is 1. The van der Waals surface area contributed by atoms with E-state index in [1.165, 1.54) is 40.5 Å². The molecule has 0 radical (unpaired) electrons. The lowest BCUT2D eigenvalue weighted by atomic mass is 9.68. The summed E-state index contributed by atoms with van der Waals surface area (Å²) in [6.07, 6.45) is 0.743. The van der Waals surface area contributed by atoms with Crippen LogP contribution in [0.3, 0.4) is 0 Å². The molecule has 4 aliphatic rings. The average molecular weight is 722 g/mol. The van der Waals surface area contributed by atoms with Crippen LogP contribution in [0.15, 0.2) is 94.7 Å². The number of halogens is 1. The Kier molecular flexibility index (Phi) is 7.77. The van der Waals surface area contributed by atoms with Crippen LogP contribution in [-0.2, 0) is 14.4 Å². The molecule has 2 N–H and O–H groups in total. The van der Waals surface area contributed by atoms with Crippen LogP contribution in [0.5, 0.6) is 11.5 Å². The fraction of sp³-hybridized carbons (Fsp3) is 0.282.